The van der Waals surface area contributed by atoms with E-state index >= 15 is 0 Å². The van der Waals surface area contributed by atoms with Gasteiger partial charge in [-0.3, -0.25) is 0 Å². The lowest BCUT2D eigenvalue weighted by atomic mass is 10.2. The van der Waals surface area contributed by atoms with Crippen molar-refractivity contribution in [3.05, 3.63) is 42.5 Å². The summed E-state index contributed by atoms with van der Waals surface area (Å²) in [6.45, 7) is 7.82. The standard InChI is InChI=1S/C12H17NO/c1-3-8-14-9-7-13-12-6-4-5-11(2)10-12/h3-6,10,13H,1,7-9H2,2H3. The fourth-order valence-corrected chi connectivity index (χ4v) is 1.19. The number of nitrogens with one attached hydrogen (secondary N) is 1. The van der Waals surface area contributed by atoms with Crippen LogP contribution in [0.2, 0.25) is 0 Å². The van der Waals surface area contributed by atoms with Crippen molar-refractivity contribution in [2.24, 2.45) is 0 Å². The minimum Gasteiger partial charge on any atom is -0.383 e. The minimum atomic E-state index is 0.621. The van der Waals surface area contributed by atoms with Gasteiger partial charge in [0.05, 0.1) is 13.2 Å². The Balaban J connectivity index is 2.21. The molecule has 0 saturated carbocycles. The Morgan fingerprint density at radius 1 is 1.50 bits per heavy atom. The lowest BCUT2D eigenvalue weighted by molar-refractivity contribution is 0.173. The van der Waals surface area contributed by atoms with E-state index in [0.717, 1.165) is 12.2 Å². The molecule has 1 aromatic rings. The maximum absolute atomic E-state index is 5.25. The van der Waals surface area contributed by atoms with E-state index in [4.69, 9.17) is 4.74 Å². The highest BCUT2D eigenvalue weighted by Gasteiger charge is 1.91. The molecule has 1 rings (SSSR count). The number of benzene rings is 1. The Hall–Kier alpha value is -1.28. The van der Waals surface area contributed by atoms with Crippen LogP contribution in [-0.2, 0) is 4.74 Å². The zero-order chi connectivity index (χ0) is 10.2. The molecule has 0 aliphatic carbocycles. The van der Waals surface area contributed by atoms with Crippen LogP contribution in [0.25, 0.3) is 0 Å². The molecule has 0 saturated heterocycles. The van der Waals surface area contributed by atoms with Crippen molar-refractivity contribution in [3.8, 4) is 0 Å². The predicted octanol–water partition coefficient (Wildman–Crippen LogP) is 2.61. The molecule has 1 N–H and O–H groups in total. The van der Waals surface area contributed by atoms with Crippen molar-refractivity contribution in [2.45, 2.75) is 6.92 Å². The van der Waals surface area contributed by atoms with Gasteiger partial charge in [0.25, 0.3) is 0 Å². The Morgan fingerprint density at radius 3 is 3.07 bits per heavy atom. The van der Waals surface area contributed by atoms with Gasteiger partial charge in [0.2, 0.25) is 0 Å². The fraction of sp³-hybridized carbons (Fsp3) is 0.333. The maximum atomic E-state index is 5.25. The summed E-state index contributed by atoms with van der Waals surface area (Å²) in [5.41, 5.74) is 2.41. The molecule has 76 valence electrons. The van der Waals surface area contributed by atoms with Crippen LogP contribution in [0.3, 0.4) is 0 Å². The largest absolute Gasteiger partial charge is 0.383 e. The lowest BCUT2D eigenvalue weighted by Gasteiger charge is -2.06. The molecule has 0 aromatic heterocycles. The summed E-state index contributed by atoms with van der Waals surface area (Å²) in [5.74, 6) is 0. The highest BCUT2D eigenvalue weighted by molar-refractivity contribution is 5.45. The first kappa shape index (κ1) is 10.8. The molecule has 2 nitrogen and oxygen atoms in total. The molecule has 0 aliphatic rings. The number of rotatable bonds is 6. The third kappa shape index (κ3) is 4.10. The van der Waals surface area contributed by atoms with Crippen LogP contribution in [0.5, 0.6) is 0 Å². The normalized spacial score (nSPS) is 9.79. The summed E-state index contributed by atoms with van der Waals surface area (Å²) < 4.78 is 5.25. The number of hydrogen-bond donors (Lipinski definition) is 1. The van der Waals surface area contributed by atoms with E-state index in [1.165, 1.54) is 5.56 Å². The van der Waals surface area contributed by atoms with Crippen LogP contribution in [0.1, 0.15) is 5.56 Å². The Labute approximate surface area is 85.6 Å². The monoisotopic (exact) mass is 191 g/mol. The molecule has 0 spiro atoms. The second-order valence-corrected chi connectivity index (χ2v) is 3.16. The molecule has 0 radical (unpaired) electrons. The number of aryl methyl sites for hydroxylation is 1. The van der Waals surface area contributed by atoms with E-state index in [9.17, 15) is 0 Å². The number of anilines is 1. The van der Waals surface area contributed by atoms with Crippen LogP contribution in [-0.4, -0.2) is 19.8 Å². The van der Waals surface area contributed by atoms with Gasteiger partial charge < -0.3 is 10.1 Å². The molecule has 0 atom stereocenters. The molecule has 0 aliphatic heterocycles. The van der Waals surface area contributed by atoms with Crippen LogP contribution in [0.4, 0.5) is 5.69 Å². The van der Waals surface area contributed by atoms with Crippen LogP contribution < -0.4 is 5.32 Å². The van der Waals surface area contributed by atoms with Gasteiger partial charge in [-0.1, -0.05) is 18.2 Å². The van der Waals surface area contributed by atoms with Crippen molar-refractivity contribution in [1.29, 1.82) is 0 Å². The van der Waals surface area contributed by atoms with Crippen LogP contribution in [0, 0.1) is 6.92 Å². The van der Waals surface area contributed by atoms with Crippen molar-refractivity contribution in [2.75, 3.05) is 25.1 Å². The van der Waals surface area contributed by atoms with Crippen molar-refractivity contribution in [3.63, 3.8) is 0 Å². The fourth-order valence-electron chi connectivity index (χ4n) is 1.19. The SMILES string of the molecule is C=CCOCCNc1cccc(C)c1. The van der Waals surface area contributed by atoms with Gasteiger partial charge in [-0.25, -0.2) is 0 Å². The summed E-state index contributed by atoms with van der Waals surface area (Å²) >= 11 is 0. The lowest BCUT2D eigenvalue weighted by Crippen LogP contribution is -2.09. The third-order valence-corrected chi connectivity index (χ3v) is 1.83. The number of hydrogen-bond acceptors (Lipinski definition) is 2. The van der Waals surface area contributed by atoms with E-state index in [-0.39, 0.29) is 0 Å². The molecule has 0 fully saturated rings. The van der Waals surface area contributed by atoms with Crippen molar-refractivity contribution in [1.82, 2.24) is 0 Å². The smallest absolute Gasteiger partial charge is 0.0645 e. The van der Waals surface area contributed by atoms with Gasteiger partial charge in [0.1, 0.15) is 0 Å². The Morgan fingerprint density at radius 2 is 2.36 bits per heavy atom. The predicted molar refractivity (Wildman–Crippen MR) is 60.7 cm³/mol. The third-order valence-electron chi connectivity index (χ3n) is 1.83. The van der Waals surface area contributed by atoms with Gasteiger partial charge >= 0.3 is 0 Å². The Kier molecular flexibility index (Phi) is 4.79. The van der Waals surface area contributed by atoms with E-state index in [1.54, 1.807) is 6.08 Å². The second kappa shape index (κ2) is 6.22. The summed E-state index contributed by atoms with van der Waals surface area (Å²) in [6.07, 6.45) is 1.76. The number of ether oxygens (including phenoxy) is 1. The second-order valence-electron chi connectivity index (χ2n) is 3.16. The maximum Gasteiger partial charge on any atom is 0.0645 e. The first-order valence-electron chi connectivity index (χ1n) is 4.82. The average molecular weight is 191 g/mol. The van der Waals surface area contributed by atoms with Gasteiger partial charge in [0, 0.05) is 12.2 Å². The van der Waals surface area contributed by atoms with Gasteiger partial charge in [-0.15, -0.1) is 6.58 Å². The van der Waals surface area contributed by atoms with E-state index in [0.29, 0.717) is 13.2 Å². The Bertz CT molecular complexity index is 283. The van der Waals surface area contributed by atoms with Gasteiger partial charge in [-0.2, -0.15) is 0 Å². The summed E-state index contributed by atoms with van der Waals surface area (Å²) in [7, 11) is 0. The van der Waals surface area contributed by atoms with Gasteiger partial charge in [-0.05, 0) is 24.6 Å². The molecule has 0 unspecified atom stereocenters. The topological polar surface area (TPSA) is 21.3 Å². The van der Waals surface area contributed by atoms with E-state index in [1.807, 2.05) is 6.07 Å². The van der Waals surface area contributed by atoms with E-state index < -0.39 is 0 Å². The summed E-state index contributed by atoms with van der Waals surface area (Å²) in [5, 5.41) is 3.29. The quantitative estimate of drug-likeness (QED) is 0.551. The first-order valence-corrected chi connectivity index (χ1v) is 4.82. The molecular weight excluding hydrogens is 174 g/mol. The first-order chi connectivity index (χ1) is 6.83. The zero-order valence-corrected chi connectivity index (χ0v) is 8.62. The molecule has 2 heteroatoms. The summed E-state index contributed by atoms with van der Waals surface area (Å²) in [4.78, 5) is 0. The molecule has 14 heavy (non-hydrogen) atoms. The molecule has 0 bridgehead atoms. The molecule has 0 amide bonds. The van der Waals surface area contributed by atoms with Crippen molar-refractivity contribution >= 4 is 5.69 Å². The summed E-state index contributed by atoms with van der Waals surface area (Å²) in [6, 6.07) is 8.30. The molecular formula is C12H17NO. The van der Waals surface area contributed by atoms with E-state index in [2.05, 4.69) is 37.0 Å². The van der Waals surface area contributed by atoms with Crippen molar-refractivity contribution < 1.29 is 4.74 Å². The molecule has 0 heterocycles. The van der Waals surface area contributed by atoms with Gasteiger partial charge in [0.15, 0.2) is 0 Å². The zero-order valence-electron chi connectivity index (χ0n) is 8.62. The highest BCUT2D eigenvalue weighted by atomic mass is 16.5. The molecule has 1 aromatic carbocycles. The van der Waals surface area contributed by atoms with Crippen LogP contribution >= 0.6 is 0 Å². The highest BCUT2D eigenvalue weighted by Crippen LogP contribution is 2.08. The minimum absolute atomic E-state index is 0.621. The average Bonchev–Trinajstić information content (AvgIpc) is 2.18. The van der Waals surface area contributed by atoms with Crippen LogP contribution in [0.15, 0.2) is 36.9 Å².